The van der Waals surface area contributed by atoms with E-state index in [1.54, 1.807) is 0 Å². The van der Waals surface area contributed by atoms with Crippen LogP contribution >= 0.6 is 22.6 Å². The van der Waals surface area contributed by atoms with Crippen molar-refractivity contribution < 1.29 is 26.8 Å². The maximum atomic E-state index is 11.8. The Morgan fingerprint density at radius 1 is 0.933 bits per heavy atom. The molecule has 7 nitrogen and oxygen atoms in total. The molecule has 0 bridgehead atoms. The third-order valence-electron chi connectivity index (χ3n) is 4.86. The summed E-state index contributed by atoms with van der Waals surface area (Å²) in [5.74, 6) is 2.78. The molecule has 0 aromatic heterocycles. The van der Waals surface area contributed by atoms with Crippen molar-refractivity contribution in [2.75, 3.05) is 26.2 Å². The predicted octanol–water partition coefficient (Wildman–Crippen LogP) is -1.56. The second-order valence-electron chi connectivity index (χ2n) is 7.42. The van der Waals surface area contributed by atoms with Gasteiger partial charge in [-0.05, 0) is 61.8 Å². The number of hydrogen-bond acceptors (Lipinski definition) is 2. The number of halogens is 1. The number of carbonyl (C=O) groups is 2. The van der Waals surface area contributed by atoms with Crippen molar-refractivity contribution in [3.63, 3.8) is 0 Å². The van der Waals surface area contributed by atoms with E-state index in [9.17, 15) is 9.59 Å². The average molecular weight is 530 g/mol. The van der Waals surface area contributed by atoms with Gasteiger partial charge in [0.25, 0.3) is 5.91 Å². The number of benzene rings is 1. The van der Waals surface area contributed by atoms with Gasteiger partial charge >= 0.3 is 0 Å². The lowest BCUT2D eigenvalue weighted by atomic mass is 9.98. The number of alkyl halides is 1. The van der Waals surface area contributed by atoms with E-state index in [0.29, 0.717) is 26.2 Å². The summed E-state index contributed by atoms with van der Waals surface area (Å²) in [7, 11) is 0. The third kappa shape index (κ3) is 10.4. The minimum Gasteiger partial charge on any atom is -0.356 e. The first-order valence-electron chi connectivity index (χ1n) is 10.6. The Morgan fingerprint density at radius 3 is 1.93 bits per heavy atom. The van der Waals surface area contributed by atoms with E-state index in [2.05, 4.69) is 74.5 Å². The zero-order valence-corrected chi connectivity index (χ0v) is 20.0. The molecule has 0 spiro atoms. The minimum absolute atomic E-state index is 0.0295. The molecule has 0 radical (unpaired) electrons. The number of aryl methyl sites for hydroxylation is 2. The first-order chi connectivity index (χ1) is 14.4. The van der Waals surface area contributed by atoms with E-state index >= 15 is 0 Å². The summed E-state index contributed by atoms with van der Waals surface area (Å²) in [6.45, 7) is 2.46. The Labute approximate surface area is 193 Å². The van der Waals surface area contributed by atoms with Crippen LogP contribution in [0.5, 0.6) is 0 Å². The Bertz CT molecular complexity index is 670. The number of terminal acetylenes is 1. The van der Waals surface area contributed by atoms with E-state index in [4.69, 9.17) is 6.42 Å². The Balaban J connectivity index is 2.39. The van der Waals surface area contributed by atoms with Crippen molar-refractivity contribution in [2.24, 2.45) is 0 Å². The molecule has 2 unspecified atom stereocenters. The van der Waals surface area contributed by atoms with Crippen LogP contribution in [0.4, 0.5) is 0 Å². The van der Waals surface area contributed by atoms with Gasteiger partial charge in [-0.3, -0.25) is 9.59 Å². The smallest absolute Gasteiger partial charge is 0.284 e. The Hall–Kier alpha value is -1.67. The largest absolute Gasteiger partial charge is 0.356 e. The highest BCUT2D eigenvalue weighted by Crippen LogP contribution is 2.15. The molecule has 1 aromatic rings. The SMILES string of the molecule is C#Cc1cc(CCCCNC(=O)C([NH3+])C[NH3+])cc(CCCCNC(=O)C(I)C[NH3+])c1. The number of quaternary nitrogens is 3. The maximum Gasteiger partial charge on any atom is 0.284 e. The molecular weight excluding hydrogens is 493 g/mol. The molecule has 2 atom stereocenters. The number of carbonyl (C=O) groups excluding carboxylic acids is 2. The lowest BCUT2D eigenvalue weighted by Crippen LogP contribution is -2.77. The van der Waals surface area contributed by atoms with Crippen LogP contribution in [0.15, 0.2) is 18.2 Å². The first-order valence-corrected chi connectivity index (χ1v) is 11.9. The van der Waals surface area contributed by atoms with Gasteiger partial charge in [0.15, 0.2) is 0 Å². The summed E-state index contributed by atoms with van der Waals surface area (Å²) < 4.78 is -0.0606. The lowest BCUT2D eigenvalue weighted by molar-refractivity contribution is -0.479. The number of nitrogens with one attached hydrogen (secondary N) is 2. The molecule has 0 heterocycles. The maximum absolute atomic E-state index is 11.8. The molecule has 166 valence electrons. The first kappa shape index (κ1) is 26.4. The highest BCUT2D eigenvalue weighted by Gasteiger charge is 2.15. The molecule has 1 rings (SSSR count). The van der Waals surface area contributed by atoms with Gasteiger partial charge in [0.2, 0.25) is 11.9 Å². The van der Waals surface area contributed by atoms with Crippen LogP contribution in [-0.4, -0.2) is 48.0 Å². The molecule has 1 aromatic carbocycles. The fraction of sp³-hybridized carbons (Fsp3) is 0.545. The topological polar surface area (TPSA) is 141 Å². The summed E-state index contributed by atoms with van der Waals surface area (Å²) in [4.78, 5) is 23.5. The molecular formula is C22H37IN5O2+3. The van der Waals surface area contributed by atoms with Crippen molar-refractivity contribution in [3.05, 3.63) is 34.9 Å². The summed E-state index contributed by atoms with van der Waals surface area (Å²) >= 11 is 2.12. The van der Waals surface area contributed by atoms with Gasteiger partial charge in [0, 0.05) is 18.7 Å². The van der Waals surface area contributed by atoms with Crippen LogP contribution in [0.3, 0.4) is 0 Å². The van der Waals surface area contributed by atoms with Crippen LogP contribution in [0.1, 0.15) is 42.4 Å². The summed E-state index contributed by atoms with van der Waals surface area (Å²) in [5, 5.41) is 5.86. The van der Waals surface area contributed by atoms with E-state index in [0.717, 1.165) is 44.1 Å². The quantitative estimate of drug-likeness (QED) is 0.0860. The van der Waals surface area contributed by atoms with Crippen LogP contribution in [-0.2, 0) is 22.4 Å². The fourth-order valence-corrected chi connectivity index (χ4v) is 3.20. The van der Waals surface area contributed by atoms with Crippen molar-refractivity contribution in [3.8, 4) is 12.3 Å². The molecule has 0 fully saturated rings. The van der Waals surface area contributed by atoms with Crippen LogP contribution in [0.25, 0.3) is 0 Å². The number of rotatable bonds is 14. The second-order valence-corrected chi connectivity index (χ2v) is 8.92. The Morgan fingerprint density at radius 2 is 1.47 bits per heavy atom. The molecule has 0 aliphatic carbocycles. The monoisotopic (exact) mass is 530 g/mol. The molecule has 0 saturated carbocycles. The molecule has 2 amide bonds. The highest BCUT2D eigenvalue weighted by molar-refractivity contribution is 14.1. The van der Waals surface area contributed by atoms with E-state index in [1.807, 2.05) is 0 Å². The third-order valence-corrected chi connectivity index (χ3v) is 6.05. The molecule has 0 aliphatic rings. The molecule has 0 saturated heterocycles. The number of unbranched alkanes of at least 4 members (excludes halogenated alkanes) is 2. The van der Waals surface area contributed by atoms with Gasteiger partial charge in [0.05, 0.1) is 6.54 Å². The minimum atomic E-state index is -0.278. The van der Waals surface area contributed by atoms with Crippen molar-refractivity contribution in [2.45, 2.75) is 48.5 Å². The average Bonchev–Trinajstić information content (AvgIpc) is 2.76. The molecule has 0 aliphatic heterocycles. The summed E-state index contributed by atoms with van der Waals surface area (Å²) in [6, 6.07) is 6.08. The van der Waals surface area contributed by atoms with Gasteiger partial charge in [-0.25, -0.2) is 0 Å². The normalized spacial score (nSPS) is 12.6. The van der Waals surface area contributed by atoms with Gasteiger partial charge in [-0.15, -0.1) is 6.42 Å². The van der Waals surface area contributed by atoms with Crippen LogP contribution in [0, 0.1) is 12.3 Å². The molecule has 11 N–H and O–H groups in total. The van der Waals surface area contributed by atoms with Gasteiger partial charge < -0.3 is 27.8 Å². The van der Waals surface area contributed by atoms with E-state index < -0.39 is 0 Å². The standard InChI is InChI=1S/C22H34IN5O2/c1-2-16-11-17(7-3-5-9-27-21(29)19(23)14-24)13-18(12-16)8-4-6-10-28-22(30)20(26)15-25/h1,11-13,19-20H,3-10,14-15,24-26H2,(H,27,29)(H,28,30)/p+3. The number of hydrogen-bond donors (Lipinski definition) is 5. The van der Waals surface area contributed by atoms with Crippen LogP contribution < -0.4 is 27.8 Å². The van der Waals surface area contributed by atoms with E-state index in [1.165, 1.54) is 11.1 Å². The predicted molar refractivity (Wildman–Crippen MR) is 126 cm³/mol. The van der Waals surface area contributed by atoms with Gasteiger partial charge in [-0.1, -0.05) is 34.6 Å². The fourth-order valence-electron chi connectivity index (χ4n) is 2.98. The van der Waals surface area contributed by atoms with Crippen molar-refractivity contribution in [1.82, 2.24) is 10.6 Å². The van der Waals surface area contributed by atoms with Crippen molar-refractivity contribution in [1.29, 1.82) is 0 Å². The highest BCUT2D eigenvalue weighted by atomic mass is 127. The van der Waals surface area contributed by atoms with Crippen molar-refractivity contribution >= 4 is 34.4 Å². The second kappa shape index (κ2) is 15.2. The van der Waals surface area contributed by atoms with E-state index in [-0.39, 0.29) is 21.8 Å². The Kier molecular flexibility index (Phi) is 13.3. The number of amides is 2. The van der Waals surface area contributed by atoms with Crippen LogP contribution in [0.2, 0.25) is 0 Å². The van der Waals surface area contributed by atoms with Gasteiger partial charge in [0.1, 0.15) is 10.5 Å². The van der Waals surface area contributed by atoms with Gasteiger partial charge in [-0.2, -0.15) is 0 Å². The zero-order chi connectivity index (χ0) is 22.4. The molecule has 30 heavy (non-hydrogen) atoms. The summed E-state index contributed by atoms with van der Waals surface area (Å²) in [6.07, 6.45) is 11.3. The summed E-state index contributed by atoms with van der Waals surface area (Å²) in [5.41, 5.74) is 14.6. The lowest BCUT2D eigenvalue weighted by Gasteiger charge is -2.10. The zero-order valence-electron chi connectivity index (χ0n) is 17.9. The molecule has 8 heteroatoms.